The number of hydrogen-bond donors (Lipinski definition) is 5. The van der Waals surface area contributed by atoms with E-state index in [0.717, 1.165) is 4.90 Å². The second kappa shape index (κ2) is 10.7. The zero-order valence-corrected chi connectivity index (χ0v) is 20.4. The molecule has 3 amide bonds. The summed E-state index contributed by atoms with van der Waals surface area (Å²) in [6, 6.07) is 5.46. The number of thioether (sulfide) groups is 1. The number of aromatic amines is 2. The fourth-order valence-electron chi connectivity index (χ4n) is 3.87. The van der Waals surface area contributed by atoms with Gasteiger partial charge in [0.1, 0.15) is 29.8 Å². The van der Waals surface area contributed by atoms with E-state index in [1.165, 1.54) is 30.8 Å². The Morgan fingerprint density at radius 2 is 1.92 bits per heavy atom. The van der Waals surface area contributed by atoms with Gasteiger partial charge in [0.05, 0.1) is 0 Å². The maximum Gasteiger partial charge on any atom is 0.352 e. The van der Waals surface area contributed by atoms with Gasteiger partial charge in [0.15, 0.2) is 0 Å². The summed E-state index contributed by atoms with van der Waals surface area (Å²) < 4.78 is 4.89. The van der Waals surface area contributed by atoms with Gasteiger partial charge >= 0.3 is 17.6 Å². The zero-order valence-electron chi connectivity index (χ0n) is 19.5. The van der Waals surface area contributed by atoms with Crippen molar-refractivity contribution in [3.63, 3.8) is 0 Å². The molecule has 2 aliphatic heterocycles. The standard InChI is InChI=1S/C22H20N6O9S/c1-9(29)37-7-11-8-38-20-14(19(33)28(20)15(11)21(34)35)24-16(30)12(10-5-3-2-4-6-10)23-17(31)13-18(32)25-22(36)27-26-13/h2-6,12,14,20H,7-8H2,1H3,(H,23,31)(H,24,30)(H,34,35)(H2,25,27,32,36)/t12?,14-,20+/m0/s1. The number of benzene rings is 1. The van der Waals surface area contributed by atoms with E-state index in [4.69, 9.17) is 4.74 Å². The number of esters is 1. The van der Waals surface area contributed by atoms with Crippen LogP contribution in [0.3, 0.4) is 0 Å². The number of nitrogens with zero attached hydrogens (tertiary/aromatic N) is 2. The number of β-lactam (4-membered cyclic amide) rings is 1. The predicted octanol–water partition coefficient (Wildman–Crippen LogP) is -1.77. The molecule has 0 bridgehead atoms. The normalized spacial score (nSPS) is 19.1. The van der Waals surface area contributed by atoms with Crippen LogP contribution < -0.4 is 21.9 Å². The van der Waals surface area contributed by atoms with Crippen molar-refractivity contribution in [2.75, 3.05) is 12.4 Å². The van der Waals surface area contributed by atoms with Gasteiger partial charge in [-0.2, -0.15) is 5.10 Å². The summed E-state index contributed by atoms with van der Waals surface area (Å²) in [5, 5.41) is 19.2. The summed E-state index contributed by atoms with van der Waals surface area (Å²) >= 11 is 1.17. The Morgan fingerprint density at radius 1 is 1.21 bits per heavy atom. The molecule has 0 radical (unpaired) electrons. The molecule has 16 heteroatoms. The number of carbonyl (C=O) groups is 5. The van der Waals surface area contributed by atoms with Crippen LogP contribution in [-0.2, 0) is 23.9 Å². The van der Waals surface area contributed by atoms with Gasteiger partial charge in [0.2, 0.25) is 11.6 Å². The van der Waals surface area contributed by atoms with Gasteiger partial charge in [0.25, 0.3) is 17.4 Å². The highest BCUT2D eigenvalue weighted by Gasteiger charge is 2.54. The molecule has 4 rings (SSSR count). The number of H-pyrrole nitrogens is 2. The van der Waals surface area contributed by atoms with Crippen molar-refractivity contribution >= 4 is 41.4 Å². The van der Waals surface area contributed by atoms with Crippen molar-refractivity contribution in [3.8, 4) is 0 Å². The van der Waals surface area contributed by atoms with E-state index in [-0.39, 0.29) is 23.6 Å². The van der Waals surface area contributed by atoms with Crippen LogP contribution in [0.5, 0.6) is 0 Å². The SMILES string of the molecule is CC(=O)OCC1=C(C(=O)O)N2C(=O)[C@H](NC(=O)C(NC(=O)c3n[nH]c(=O)[nH]c3=O)c3ccccc3)[C@H]2SC1. The second-order valence-corrected chi connectivity index (χ2v) is 9.21. The molecule has 0 spiro atoms. The van der Waals surface area contributed by atoms with Crippen molar-refractivity contribution < 1.29 is 33.8 Å². The van der Waals surface area contributed by atoms with E-state index in [2.05, 4.69) is 15.7 Å². The Bertz CT molecular complexity index is 1470. The van der Waals surface area contributed by atoms with Crippen LogP contribution in [0.25, 0.3) is 0 Å². The molecule has 3 heterocycles. The van der Waals surface area contributed by atoms with E-state index in [0.29, 0.717) is 5.56 Å². The molecular weight excluding hydrogens is 524 g/mol. The summed E-state index contributed by atoms with van der Waals surface area (Å²) in [4.78, 5) is 88.0. The number of carboxylic acids is 1. The lowest BCUT2D eigenvalue weighted by Crippen LogP contribution is -2.71. The summed E-state index contributed by atoms with van der Waals surface area (Å²) in [6.45, 7) is 0.878. The average Bonchev–Trinajstić information content (AvgIpc) is 2.88. The van der Waals surface area contributed by atoms with E-state index < -0.39 is 64.1 Å². The van der Waals surface area contributed by atoms with Gasteiger partial charge in [-0.25, -0.2) is 14.7 Å². The van der Waals surface area contributed by atoms with Gasteiger partial charge in [-0.05, 0) is 5.56 Å². The first kappa shape index (κ1) is 26.3. The van der Waals surface area contributed by atoms with Crippen LogP contribution in [-0.4, -0.2) is 78.6 Å². The fourth-order valence-corrected chi connectivity index (χ4v) is 5.19. The molecule has 198 valence electrons. The molecule has 38 heavy (non-hydrogen) atoms. The fraction of sp³-hybridized carbons (Fsp3) is 0.273. The van der Waals surface area contributed by atoms with E-state index >= 15 is 0 Å². The molecule has 2 aromatic rings. The Kier molecular flexibility index (Phi) is 7.43. The van der Waals surface area contributed by atoms with Crippen molar-refractivity contribution in [1.82, 2.24) is 30.7 Å². The molecule has 1 aromatic heterocycles. The van der Waals surface area contributed by atoms with Crippen molar-refractivity contribution in [2.24, 2.45) is 0 Å². The minimum atomic E-state index is -1.39. The van der Waals surface area contributed by atoms with Crippen molar-refractivity contribution in [2.45, 2.75) is 24.4 Å². The molecule has 1 aromatic carbocycles. The Labute approximate surface area is 216 Å². The molecule has 2 aliphatic rings. The lowest BCUT2D eigenvalue weighted by atomic mass is 10.0. The van der Waals surface area contributed by atoms with E-state index in [9.17, 15) is 38.7 Å². The van der Waals surface area contributed by atoms with Gasteiger partial charge < -0.3 is 20.5 Å². The number of aromatic nitrogens is 3. The van der Waals surface area contributed by atoms with Gasteiger partial charge in [-0.15, -0.1) is 11.8 Å². The largest absolute Gasteiger partial charge is 0.477 e. The zero-order chi connectivity index (χ0) is 27.6. The summed E-state index contributed by atoms with van der Waals surface area (Å²) in [7, 11) is 0. The number of carbonyl (C=O) groups excluding carboxylic acids is 4. The first-order chi connectivity index (χ1) is 18.1. The van der Waals surface area contributed by atoms with Crippen LogP contribution >= 0.6 is 11.8 Å². The third-order valence-electron chi connectivity index (χ3n) is 5.59. The first-order valence-corrected chi connectivity index (χ1v) is 12.0. The number of aliphatic carboxylic acids is 1. The van der Waals surface area contributed by atoms with Crippen molar-refractivity contribution in [1.29, 1.82) is 0 Å². The number of carboxylic acid groups (broad SMARTS) is 1. The molecule has 15 nitrogen and oxygen atoms in total. The van der Waals surface area contributed by atoms with Crippen molar-refractivity contribution in [3.05, 3.63) is 73.7 Å². The molecule has 1 saturated heterocycles. The Morgan fingerprint density at radius 3 is 2.55 bits per heavy atom. The third-order valence-corrected chi connectivity index (χ3v) is 6.93. The topological polar surface area (TPSA) is 221 Å². The Hall–Kier alpha value is -4.73. The highest BCUT2D eigenvalue weighted by Crippen LogP contribution is 2.40. The highest BCUT2D eigenvalue weighted by molar-refractivity contribution is 8.00. The first-order valence-electron chi connectivity index (χ1n) is 11.0. The quantitative estimate of drug-likeness (QED) is 0.185. The Balaban J connectivity index is 1.55. The third kappa shape index (κ3) is 5.19. The maximum atomic E-state index is 13.3. The van der Waals surface area contributed by atoms with Crippen LogP contribution in [0.15, 0.2) is 51.2 Å². The number of rotatable bonds is 8. The lowest BCUT2D eigenvalue weighted by molar-refractivity contribution is -0.151. The number of nitrogens with one attached hydrogen (secondary N) is 4. The molecular formula is C22H20N6O9S. The minimum Gasteiger partial charge on any atom is -0.477 e. The van der Waals surface area contributed by atoms with Crippen LogP contribution in [0.4, 0.5) is 0 Å². The molecule has 0 saturated carbocycles. The number of amides is 3. The molecule has 3 atom stereocenters. The van der Waals surface area contributed by atoms with Gasteiger partial charge in [0, 0.05) is 18.2 Å². The molecule has 5 N–H and O–H groups in total. The van der Waals surface area contributed by atoms with E-state index in [1.807, 2.05) is 10.1 Å². The van der Waals surface area contributed by atoms with Crippen LogP contribution in [0.2, 0.25) is 0 Å². The summed E-state index contributed by atoms with van der Waals surface area (Å²) in [5.74, 6) is -4.44. The molecule has 0 aliphatic carbocycles. The predicted molar refractivity (Wildman–Crippen MR) is 128 cm³/mol. The highest BCUT2D eigenvalue weighted by atomic mass is 32.2. The summed E-state index contributed by atoms with van der Waals surface area (Å²) in [5.41, 5.74) is -2.45. The van der Waals surface area contributed by atoms with Gasteiger partial charge in [-0.1, -0.05) is 30.3 Å². The number of hydrogen-bond acceptors (Lipinski definition) is 10. The van der Waals surface area contributed by atoms with Crippen LogP contribution in [0.1, 0.15) is 29.0 Å². The van der Waals surface area contributed by atoms with Crippen LogP contribution in [0, 0.1) is 0 Å². The number of fused-ring (bicyclic) bond motifs is 1. The second-order valence-electron chi connectivity index (χ2n) is 8.11. The molecule has 1 fully saturated rings. The lowest BCUT2D eigenvalue weighted by Gasteiger charge is -2.49. The smallest absolute Gasteiger partial charge is 0.352 e. The van der Waals surface area contributed by atoms with E-state index in [1.54, 1.807) is 18.2 Å². The minimum absolute atomic E-state index is 0.134. The average molecular weight is 545 g/mol. The monoisotopic (exact) mass is 544 g/mol. The maximum absolute atomic E-state index is 13.3. The molecule has 1 unspecified atom stereocenters. The number of ether oxygens (including phenoxy) is 1. The summed E-state index contributed by atoms with van der Waals surface area (Å²) in [6.07, 6.45) is 0. The van der Waals surface area contributed by atoms with Gasteiger partial charge in [-0.3, -0.25) is 33.9 Å².